The van der Waals surface area contributed by atoms with Gasteiger partial charge in [0.2, 0.25) is 0 Å². The molecule has 0 aromatic heterocycles. The van der Waals surface area contributed by atoms with Crippen molar-refractivity contribution in [2.75, 3.05) is 20.3 Å². The molecule has 2 nitrogen and oxygen atoms in total. The molecule has 0 radical (unpaired) electrons. The van der Waals surface area contributed by atoms with E-state index in [1.54, 1.807) is 7.11 Å². The van der Waals surface area contributed by atoms with Crippen molar-refractivity contribution < 1.29 is 9.13 Å². The van der Waals surface area contributed by atoms with Gasteiger partial charge in [0, 0.05) is 29.8 Å². The summed E-state index contributed by atoms with van der Waals surface area (Å²) in [6.07, 6.45) is 2.85. The molecule has 1 N–H and O–H groups in total. The summed E-state index contributed by atoms with van der Waals surface area (Å²) in [6, 6.07) is 5.31. The third-order valence-electron chi connectivity index (χ3n) is 2.82. The second kappa shape index (κ2) is 8.62. The summed E-state index contributed by atoms with van der Waals surface area (Å²) in [6.45, 7) is 3.72. The van der Waals surface area contributed by atoms with Gasteiger partial charge in [0.1, 0.15) is 5.82 Å². The van der Waals surface area contributed by atoms with Crippen LogP contribution in [-0.4, -0.2) is 20.3 Å². The molecule has 18 heavy (non-hydrogen) atoms. The minimum Gasteiger partial charge on any atom is -0.385 e. The van der Waals surface area contributed by atoms with Gasteiger partial charge in [0.25, 0.3) is 0 Å². The first kappa shape index (κ1) is 15.6. The van der Waals surface area contributed by atoms with Gasteiger partial charge < -0.3 is 10.1 Å². The molecule has 0 fully saturated rings. The molecule has 1 atom stereocenters. The average molecular weight is 318 g/mol. The first-order chi connectivity index (χ1) is 8.69. The van der Waals surface area contributed by atoms with Gasteiger partial charge in [0.05, 0.1) is 0 Å². The van der Waals surface area contributed by atoms with Crippen LogP contribution in [0.25, 0.3) is 0 Å². The van der Waals surface area contributed by atoms with Crippen molar-refractivity contribution in [3.8, 4) is 0 Å². The van der Waals surface area contributed by atoms with Crippen molar-refractivity contribution in [3.63, 3.8) is 0 Å². The Balaban J connectivity index is 2.73. The summed E-state index contributed by atoms with van der Waals surface area (Å²) in [7, 11) is 1.69. The van der Waals surface area contributed by atoms with Crippen LogP contribution >= 0.6 is 15.9 Å². The molecule has 1 aromatic carbocycles. The normalized spacial score (nSPS) is 12.7. The maximum Gasteiger partial charge on any atom is 0.129 e. The van der Waals surface area contributed by atoms with Crippen LogP contribution in [0.15, 0.2) is 22.7 Å². The van der Waals surface area contributed by atoms with Crippen LogP contribution < -0.4 is 5.32 Å². The van der Waals surface area contributed by atoms with E-state index in [0.717, 1.165) is 35.8 Å². The van der Waals surface area contributed by atoms with Crippen LogP contribution in [0.5, 0.6) is 0 Å². The van der Waals surface area contributed by atoms with E-state index in [0.29, 0.717) is 6.61 Å². The fourth-order valence-electron chi connectivity index (χ4n) is 1.90. The zero-order chi connectivity index (χ0) is 13.4. The number of rotatable bonds is 8. The summed E-state index contributed by atoms with van der Waals surface area (Å²) < 4.78 is 19.8. The lowest BCUT2D eigenvalue weighted by molar-refractivity contribution is 0.188. The Morgan fingerprint density at radius 1 is 1.44 bits per heavy atom. The van der Waals surface area contributed by atoms with Crippen LogP contribution in [0.3, 0.4) is 0 Å². The van der Waals surface area contributed by atoms with Crippen LogP contribution in [0, 0.1) is 5.82 Å². The Hall–Kier alpha value is -0.450. The van der Waals surface area contributed by atoms with Crippen LogP contribution in [0.1, 0.15) is 37.8 Å². The number of hydrogen-bond acceptors (Lipinski definition) is 2. The van der Waals surface area contributed by atoms with Crippen molar-refractivity contribution in [1.82, 2.24) is 5.32 Å². The molecule has 0 amide bonds. The van der Waals surface area contributed by atoms with E-state index >= 15 is 0 Å². The highest BCUT2D eigenvalue weighted by molar-refractivity contribution is 9.10. The van der Waals surface area contributed by atoms with E-state index in [1.165, 1.54) is 6.07 Å². The van der Waals surface area contributed by atoms with Gasteiger partial charge in [-0.15, -0.1) is 0 Å². The van der Waals surface area contributed by atoms with E-state index in [2.05, 4.69) is 28.2 Å². The number of halogens is 2. The van der Waals surface area contributed by atoms with Crippen molar-refractivity contribution in [2.45, 2.75) is 32.2 Å². The Kier molecular flexibility index (Phi) is 7.47. The summed E-state index contributed by atoms with van der Waals surface area (Å²) in [5.74, 6) is -0.157. The van der Waals surface area contributed by atoms with Gasteiger partial charge >= 0.3 is 0 Å². The molecule has 0 aliphatic carbocycles. The van der Waals surface area contributed by atoms with Crippen molar-refractivity contribution in [3.05, 3.63) is 34.1 Å². The highest BCUT2D eigenvalue weighted by Crippen LogP contribution is 2.24. The first-order valence-corrected chi connectivity index (χ1v) is 7.15. The molecular weight excluding hydrogens is 297 g/mol. The van der Waals surface area contributed by atoms with E-state index in [-0.39, 0.29) is 11.9 Å². The molecule has 4 heteroatoms. The van der Waals surface area contributed by atoms with Gasteiger partial charge in [-0.2, -0.15) is 0 Å². The lowest BCUT2D eigenvalue weighted by atomic mass is 10.0. The second-order valence-corrected chi connectivity index (χ2v) is 5.22. The summed E-state index contributed by atoms with van der Waals surface area (Å²) in [5.41, 5.74) is 0.739. The molecule has 1 aromatic rings. The van der Waals surface area contributed by atoms with Gasteiger partial charge in [-0.05, 0) is 37.9 Å². The molecule has 0 saturated heterocycles. The number of hydrogen-bond donors (Lipinski definition) is 1. The topological polar surface area (TPSA) is 21.3 Å². The molecule has 0 aliphatic heterocycles. The Labute approximate surface area is 117 Å². The van der Waals surface area contributed by atoms with Crippen LogP contribution in [-0.2, 0) is 4.74 Å². The summed E-state index contributed by atoms with van der Waals surface area (Å²) in [5, 5.41) is 3.39. The molecule has 0 spiro atoms. The molecular formula is C14H21BrFNO. The maximum atomic E-state index is 13.9. The van der Waals surface area contributed by atoms with E-state index < -0.39 is 0 Å². The van der Waals surface area contributed by atoms with Crippen molar-refractivity contribution in [1.29, 1.82) is 0 Å². The molecule has 102 valence electrons. The van der Waals surface area contributed by atoms with Gasteiger partial charge in [-0.3, -0.25) is 0 Å². The predicted molar refractivity (Wildman–Crippen MR) is 76.2 cm³/mol. The van der Waals surface area contributed by atoms with Crippen molar-refractivity contribution in [2.24, 2.45) is 0 Å². The van der Waals surface area contributed by atoms with Gasteiger partial charge in [-0.1, -0.05) is 28.9 Å². The maximum absolute atomic E-state index is 13.9. The predicted octanol–water partition coefficient (Wildman–Crippen LogP) is 4.06. The minimum atomic E-state index is -0.157. The highest BCUT2D eigenvalue weighted by atomic mass is 79.9. The zero-order valence-corrected chi connectivity index (χ0v) is 12.6. The largest absolute Gasteiger partial charge is 0.385 e. The lowest BCUT2D eigenvalue weighted by Gasteiger charge is -2.19. The number of methoxy groups -OCH3 is 1. The lowest BCUT2D eigenvalue weighted by Crippen LogP contribution is -2.23. The van der Waals surface area contributed by atoms with Gasteiger partial charge in [-0.25, -0.2) is 4.39 Å². The van der Waals surface area contributed by atoms with Crippen LogP contribution in [0.2, 0.25) is 0 Å². The zero-order valence-electron chi connectivity index (χ0n) is 11.0. The van der Waals surface area contributed by atoms with E-state index in [4.69, 9.17) is 4.74 Å². The van der Waals surface area contributed by atoms with Crippen LogP contribution in [0.4, 0.5) is 4.39 Å². The van der Waals surface area contributed by atoms with E-state index in [1.807, 2.05) is 12.1 Å². The molecule has 0 bridgehead atoms. The second-order valence-electron chi connectivity index (χ2n) is 4.31. The SMILES string of the molecule is CCCNC(CCCOC)c1ccc(Br)cc1F. The average Bonchev–Trinajstić information content (AvgIpc) is 2.34. The highest BCUT2D eigenvalue weighted by Gasteiger charge is 2.14. The Morgan fingerprint density at radius 2 is 2.22 bits per heavy atom. The van der Waals surface area contributed by atoms with Crippen molar-refractivity contribution >= 4 is 15.9 Å². The number of ether oxygens (including phenoxy) is 1. The first-order valence-electron chi connectivity index (χ1n) is 6.36. The quantitative estimate of drug-likeness (QED) is 0.730. The minimum absolute atomic E-state index is 0.0631. The van der Waals surface area contributed by atoms with Gasteiger partial charge in [0.15, 0.2) is 0 Å². The fraction of sp³-hybridized carbons (Fsp3) is 0.571. The molecule has 0 aliphatic rings. The Bertz CT molecular complexity index is 360. The number of nitrogens with one attached hydrogen (secondary N) is 1. The molecule has 0 heterocycles. The summed E-state index contributed by atoms with van der Waals surface area (Å²) >= 11 is 3.28. The fourth-order valence-corrected chi connectivity index (χ4v) is 2.24. The summed E-state index contributed by atoms with van der Waals surface area (Å²) in [4.78, 5) is 0. The monoisotopic (exact) mass is 317 g/mol. The third-order valence-corrected chi connectivity index (χ3v) is 3.31. The Morgan fingerprint density at radius 3 is 2.83 bits per heavy atom. The smallest absolute Gasteiger partial charge is 0.129 e. The number of benzene rings is 1. The molecule has 1 rings (SSSR count). The third kappa shape index (κ3) is 5.04. The molecule has 0 saturated carbocycles. The molecule has 1 unspecified atom stereocenters. The van der Waals surface area contributed by atoms with E-state index in [9.17, 15) is 4.39 Å². The standard InChI is InChI=1S/C14H21BrFNO/c1-3-8-17-14(5-4-9-18-2)12-7-6-11(15)10-13(12)16/h6-7,10,14,17H,3-5,8-9H2,1-2H3.